The molecule has 0 aromatic heterocycles. The molecule has 1 N–H and O–H groups in total. The first-order chi connectivity index (χ1) is 8.11. The zero-order valence-corrected chi connectivity index (χ0v) is 11.0. The standard InChI is InChI=1S/C14H22N2O/c1-12-6-4-5-7-13(12)8-10-15-11-9-14(17)16(2)3/h4-7,15H,8-11H2,1-3H3. The van der Waals surface area contributed by atoms with Crippen molar-refractivity contribution in [1.29, 1.82) is 0 Å². The van der Waals surface area contributed by atoms with Crippen LogP contribution in [-0.2, 0) is 11.2 Å². The van der Waals surface area contributed by atoms with Gasteiger partial charge < -0.3 is 10.2 Å². The first kappa shape index (κ1) is 13.7. The van der Waals surface area contributed by atoms with Crippen molar-refractivity contribution in [1.82, 2.24) is 10.2 Å². The minimum absolute atomic E-state index is 0.174. The van der Waals surface area contributed by atoms with Crippen LogP contribution >= 0.6 is 0 Å². The van der Waals surface area contributed by atoms with E-state index in [9.17, 15) is 4.79 Å². The minimum Gasteiger partial charge on any atom is -0.349 e. The van der Waals surface area contributed by atoms with Crippen molar-refractivity contribution >= 4 is 5.91 Å². The highest BCUT2D eigenvalue weighted by molar-refractivity contribution is 5.75. The van der Waals surface area contributed by atoms with Gasteiger partial charge in [-0.3, -0.25) is 4.79 Å². The van der Waals surface area contributed by atoms with Crippen molar-refractivity contribution in [3.05, 3.63) is 35.4 Å². The van der Waals surface area contributed by atoms with Crippen molar-refractivity contribution in [2.75, 3.05) is 27.2 Å². The van der Waals surface area contributed by atoms with E-state index >= 15 is 0 Å². The van der Waals surface area contributed by atoms with Gasteiger partial charge in [0.25, 0.3) is 0 Å². The molecule has 3 nitrogen and oxygen atoms in total. The van der Waals surface area contributed by atoms with Gasteiger partial charge in [-0.1, -0.05) is 24.3 Å². The number of aryl methyl sites for hydroxylation is 1. The molecule has 0 saturated carbocycles. The second kappa shape index (κ2) is 7.07. The molecule has 0 aliphatic carbocycles. The summed E-state index contributed by atoms with van der Waals surface area (Å²) in [7, 11) is 3.57. The third-order valence-corrected chi connectivity index (χ3v) is 2.85. The summed E-state index contributed by atoms with van der Waals surface area (Å²) < 4.78 is 0. The fraction of sp³-hybridized carbons (Fsp3) is 0.500. The number of hydrogen-bond donors (Lipinski definition) is 1. The molecule has 0 aliphatic rings. The number of carbonyl (C=O) groups is 1. The number of hydrogen-bond acceptors (Lipinski definition) is 2. The topological polar surface area (TPSA) is 32.3 Å². The Morgan fingerprint density at radius 2 is 1.94 bits per heavy atom. The van der Waals surface area contributed by atoms with Gasteiger partial charge in [0.2, 0.25) is 5.91 Å². The zero-order valence-electron chi connectivity index (χ0n) is 11.0. The summed E-state index contributed by atoms with van der Waals surface area (Å²) in [5, 5.41) is 3.30. The molecule has 1 amide bonds. The summed E-state index contributed by atoms with van der Waals surface area (Å²) in [6.07, 6.45) is 1.59. The Kier molecular flexibility index (Phi) is 5.70. The van der Waals surface area contributed by atoms with E-state index in [1.165, 1.54) is 11.1 Å². The Morgan fingerprint density at radius 1 is 1.24 bits per heavy atom. The second-order valence-corrected chi connectivity index (χ2v) is 4.46. The molecule has 0 spiro atoms. The largest absolute Gasteiger partial charge is 0.349 e. The molecular weight excluding hydrogens is 212 g/mol. The van der Waals surface area contributed by atoms with Crippen molar-refractivity contribution in [3.8, 4) is 0 Å². The molecule has 0 aliphatic heterocycles. The highest BCUT2D eigenvalue weighted by Gasteiger charge is 2.02. The monoisotopic (exact) mass is 234 g/mol. The van der Waals surface area contributed by atoms with E-state index in [1.54, 1.807) is 19.0 Å². The van der Waals surface area contributed by atoms with E-state index in [1.807, 2.05) is 0 Å². The van der Waals surface area contributed by atoms with Crippen molar-refractivity contribution in [2.24, 2.45) is 0 Å². The maximum atomic E-state index is 11.3. The molecule has 1 aromatic rings. The third kappa shape index (κ3) is 5.00. The first-order valence-electron chi connectivity index (χ1n) is 6.06. The summed E-state index contributed by atoms with van der Waals surface area (Å²) in [6, 6.07) is 8.41. The maximum absolute atomic E-state index is 11.3. The molecule has 0 heterocycles. The fourth-order valence-electron chi connectivity index (χ4n) is 1.66. The number of amides is 1. The van der Waals surface area contributed by atoms with Gasteiger partial charge in [-0.05, 0) is 31.0 Å². The van der Waals surface area contributed by atoms with Crippen LogP contribution in [0.1, 0.15) is 17.5 Å². The van der Waals surface area contributed by atoms with Crippen LogP contribution in [0.4, 0.5) is 0 Å². The maximum Gasteiger partial charge on any atom is 0.223 e. The Hall–Kier alpha value is -1.35. The lowest BCUT2D eigenvalue weighted by Crippen LogP contribution is -2.27. The van der Waals surface area contributed by atoms with Crippen molar-refractivity contribution < 1.29 is 4.79 Å². The number of nitrogens with one attached hydrogen (secondary N) is 1. The molecule has 0 fully saturated rings. The molecular formula is C14H22N2O. The van der Waals surface area contributed by atoms with E-state index in [2.05, 4.69) is 36.5 Å². The lowest BCUT2D eigenvalue weighted by atomic mass is 10.1. The summed E-state index contributed by atoms with van der Waals surface area (Å²) >= 11 is 0. The van der Waals surface area contributed by atoms with Crippen LogP contribution in [-0.4, -0.2) is 38.0 Å². The number of carbonyl (C=O) groups excluding carboxylic acids is 1. The Balaban J connectivity index is 2.17. The second-order valence-electron chi connectivity index (χ2n) is 4.46. The SMILES string of the molecule is Cc1ccccc1CCNCCC(=O)N(C)C. The Labute approximate surface area is 104 Å². The van der Waals surface area contributed by atoms with Gasteiger partial charge >= 0.3 is 0 Å². The molecule has 94 valence electrons. The van der Waals surface area contributed by atoms with Gasteiger partial charge in [0.15, 0.2) is 0 Å². The predicted molar refractivity (Wildman–Crippen MR) is 71.1 cm³/mol. The Bertz CT molecular complexity index is 361. The van der Waals surface area contributed by atoms with Gasteiger partial charge in [0.1, 0.15) is 0 Å². The first-order valence-corrected chi connectivity index (χ1v) is 6.06. The predicted octanol–water partition coefficient (Wildman–Crippen LogP) is 1.61. The average Bonchev–Trinajstić information content (AvgIpc) is 2.30. The summed E-state index contributed by atoms with van der Waals surface area (Å²) in [5.74, 6) is 0.174. The molecule has 0 radical (unpaired) electrons. The molecule has 0 saturated heterocycles. The van der Waals surface area contributed by atoms with Crippen LogP contribution in [0.5, 0.6) is 0 Å². The van der Waals surface area contributed by atoms with E-state index in [4.69, 9.17) is 0 Å². The normalized spacial score (nSPS) is 10.3. The van der Waals surface area contributed by atoms with E-state index in [-0.39, 0.29) is 5.91 Å². The van der Waals surface area contributed by atoms with Gasteiger partial charge in [0, 0.05) is 27.1 Å². The quantitative estimate of drug-likeness (QED) is 0.758. The number of benzene rings is 1. The molecule has 17 heavy (non-hydrogen) atoms. The lowest BCUT2D eigenvalue weighted by Gasteiger charge is -2.10. The van der Waals surface area contributed by atoms with E-state index in [0.29, 0.717) is 6.42 Å². The number of rotatable bonds is 6. The smallest absolute Gasteiger partial charge is 0.223 e. The van der Waals surface area contributed by atoms with E-state index < -0.39 is 0 Å². The molecule has 0 atom stereocenters. The fourth-order valence-corrected chi connectivity index (χ4v) is 1.66. The average molecular weight is 234 g/mol. The van der Waals surface area contributed by atoms with Crippen LogP contribution < -0.4 is 5.32 Å². The highest BCUT2D eigenvalue weighted by atomic mass is 16.2. The van der Waals surface area contributed by atoms with Gasteiger partial charge in [-0.15, -0.1) is 0 Å². The van der Waals surface area contributed by atoms with Gasteiger partial charge in [-0.2, -0.15) is 0 Å². The minimum atomic E-state index is 0.174. The summed E-state index contributed by atoms with van der Waals surface area (Å²) in [5.41, 5.74) is 2.71. The van der Waals surface area contributed by atoms with Crippen LogP contribution in [0.3, 0.4) is 0 Å². The van der Waals surface area contributed by atoms with Gasteiger partial charge in [-0.25, -0.2) is 0 Å². The van der Waals surface area contributed by atoms with Crippen molar-refractivity contribution in [2.45, 2.75) is 19.8 Å². The molecule has 3 heteroatoms. The van der Waals surface area contributed by atoms with Crippen LogP contribution in [0, 0.1) is 6.92 Å². The number of nitrogens with zero attached hydrogens (tertiary/aromatic N) is 1. The molecule has 0 bridgehead atoms. The molecule has 0 unspecified atom stereocenters. The highest BCUT2D eigenvalue weighted by Crippen LogP contribution is 2.06. The summed E-state index contributed by atoms with van der Waals surface area (Å²) in [4.78, 5) is 12.9. The van der Waals surface area contributed by atoms with Gasteiger partial charge in [0.05, 0.1) is 0 Å². The summed E-state index contributed by atoms with van der Waals surface area (Å²) in [6.45, 7) is 3.80. The van der Waals surface area contributed by atoms with Crippen LogP contribution in [0.2, 0.25) is 0 Å². The zero-order chi connectivity index (χ0) is 12.7. The van der Waals surface area contributed by atoms with Crippen molar-refractivity contribution in [3.63, 3.8) is 0 Å². The third-order valence-electron chi connectivity index (χ3n) is 2.85. The molecule has 1 rings (SSSR count). The van der Waals surface area contributed by atoms with Crippen LogP contribution in [0.25, 0.3) is 0 Å². The Morgan fingerprint density at radius 3 is 2.59 bits per heavy atom. The van der Waals surface area contributed by atoms with E-state index in [0.717, 1.165) is 19.5 Å². The molecule has 1 aromatic carbocycles. The lowest BCUT2D eigenvalue weighted by molar-refractivity contribution is -0.128. The van der Waals surface area contributed by atoms with Crippen LogP contribution in [0.15, 0.2) is 24.3 Å².